The highest BCUT2D eigenvalue weighted by Crippen LogP contribution is 2.43. The van der Waals surface area contributed by atoms with Gasteiger partial charge in [-0.15, -0.1) is 11.3 Å². The summed E-state index contributed by atoms with van der Waals surface area (Å²) in [6, 6.07) is 8.05. The fraction of sp³-hybridized carbons (Fsp3) is 0.640. The van der Waals surface area contributed by atoms with Gasteiger partial charge in [0.25, 0.3) is 5.91 Å². The van der Waals surface area contributed by atoms with Gasteiger partial charge >= 0.3 is 6.03 Å². The van der Waals surface area contributed by atoms with Crippen molar-refractivity contribution < 1.29 is 9.59 Å². The normalized spacial score (nSPS) is 27.6. The third kappa shape index (κ3) is 4.53. The highest BCUT2D eigenvalue weighted by Gasteiger charge is 2.53. The van der Waals surface area contributed by atoms with E-state index >= 15 is 0 Å². The molecule has 7 nitrogen and oxygen atoms in total. The number of thiazole rings is 1. The van der Waals surface area contributed by atoms with Crippen LogP contribution in [0.25, 0.3) is 10.2 Å². The number of piperazine rings is 1. The maximum absolute atomic E-state index is 13.3. The number of rotatable bonds is 4. The smallest absolute Gasteiger partial charge is 0.323 e. The molecule has 0 unspecified atom stereocenters. The van der Waals surface area contributed by atoms with Crippen LogP contribution in [0.5, 0.6) is 0 Å². The molecule has 1 spiro atoms. The van der Waals surface area contributed by atoms with Crippen LogP contribution >= 0.6 is 11.3 Å². The molecule has 1 saturated carbocycles. The number of urea groups is 1. The van der Waals surface area contributed by atoms with Gasteiger partial charge in [0, 0.05) is 26.2 Å². The standard InChI is InChI=1S/C25H35N5O2S/c1-24(2,3)18-8-10-25(11-9-18)22(31)30(23(32)27-25)17-29-14-12-28(13-15-29)16-21-26-19-6-4-5-7-20(19)33-21/h4-7,18H,8-17H2,1-3H3,(H,27,32). The van der Waals surface area contributed by atoms with Gasteiger partial charge in [0.2, 0.25) is 0 Å². The maximum Gasteiger partial charge on any atom is 0.326 e. The van der Waals surface area contributed by atoms with E-state index in [1.54, 1.807) is 11.3 Å². The molecule has 2 saturated heterocycles. The van der Waals surface area contributed by atoms with Gasteiger partial charge in [-0.2, -0.15) is 0 Å². The first-order valence-electron chi connectivity index (χ1n) is 12.2. The quantitative estimate of drug-likeness (QED) is 0.688. The van der Waals surface area contributed by atoms with Crippen LogP contribution in [0.4, 0.5) is 4.79 Å². The lowest BCUT2D eigenvalue weighted by Crippen LogP contribution is -2.53. The Labute approximate surface area is 200 Å². The van der Waals surface area contributed by atoms with E-state index in [1.807, 2.05) is 6.07 Å². The molecule has 3 fully saturated rings. The van der Waals surface area contributed by atoms with Crippen LogP contribution in [0, 0.1) is 11.3 Å². The number of carbonyl (C=O) groups is 2. The number of carbonyl (C=O) groups excluding carboxylic acids is 2. The van der Waals surface area contributed by atoms with Crippen molar-refractivity contribution in [1.29, 1.82) is 0 Å². The molecule has 2 aliphatic heterocycles. The zero-order chi connectivity index (χ0) is 23.2. The average molecular weight is 470 g/mol. The molecule has 2 aromatic rings. The Morgan fingerprint density at radius 1 is 1.06 bits per heavy atom. The molecule has 1 aromatic heterocycles. The molecule has 3 heterocycles. The zero-order valence-electron chi connectivity index (χ0n) is 20.0. The van der Waals surface area contributed by atoms with Crippen LogP contribution in [-0.2, 0) is 11.3 Å². The van der Waals surface area contributed by atoms with Crippen LogP contribution in [-0.4, -0.2) is 70.0 Å². The fourth-order valence-electron chi connectivity index (χ4n) is 5.59. The number of para-hydroxylation sites is 1. The molecule has 5 rings (SSSR count). The predicted octanol–water partition coefficient (Wildman–Crippen LogP) is 3.90. The minimum atomic E-state index is -0.673. The third-order valence-electron chi connectivity index (χ3n) is 7.81. The average Bonchev–Trinajstić information content (AvgIpc) is 3.28. The van der Waals surface area contributed by atoms with Crippen molar-refractivity contribution in [2.45, 2.75) is 58.5 Å². The maximum atomic E-state index is 13.3. The number of nitrogens with one attached hydrogen (secondary N) is 1. The molecule has 0 radical (unpaired) electrons. The second-order valence-electron chi connectivity index (χ2n) is 11.0. The molecule has 33 heavy (non-hydrogen) atoms. The summed E-state index contributed by atoms with van der Waals surface area (Å²) in [6.45, 7) is 11.6. The summed E-state index contributed by atoms with van der Waals surface area (Å²) in [7, 11) is 0. The first-order valence-corrected chi connectivity index (χ1v) is 13.0. The highest BCUT2D eigenvalue weighted by atomic mass is 32.1. The monoisotopic (exact) mass is 469 g/mol. The Bertz CT molecular complexity index is 996. The lowest BCUT2D eigenvalue weighted by atomic mass is 9.67. The summed E-state index contributed by atoms with van der Waals surface area (Å²) >= 11 is 1.76. The summed E-state index contributed by atoms with van der Waals surface area (Å²) in [5, 5.41) is 4.22. The summed E-state index contributed by atoms with van der Waals surface area (Å²) in [4.78, 5) is 36.9. The number of benzene rings is 1. The Morgan fingerprint density at radius 2 is 1.73 bits per heavy atom. The summed E-state index contributed by atoms with van der Waals surface area (Å²) < 4.78 is 1.23. The largest absolute Gasteiger partial charge is 0.326 e. The summed E-state index contributed by atoms with van der Waals surface area (Å²) in [5.74, 6) is 0.585. The molecule has 0 atom stereocenters. The minimum absolute atomic E-state index is 0.0169. The van der Waals surface area contributed by atoms with Crippen molar-refractivity contribution in [3.8, 4) is 0 Å². The van der Waals surface area contributed by atoms with E-state index in [4.69, 9.17) is 4.98 Å². The van der Waals surface area contributed by atoms with E-state index in [9.17, 15) is 9.59 Å². The SMILES string of the molecule is CC(C)(C)C1CCC2(CC1)NC(=O)N(CN1CCN(Cc3nc4ccccc4s3)CC1)C2=O. The number of hydrogen-bond acceptors (Lipinski definition) is 6. The highest BCUT2D eigenvalue weighted by molar-refractivity contribution is 7.18. The van der Waals surface area contributed by atoms with E-state index in [1.165, 1.54) is 9.60 Å². The van der Waals surface area contributed by atoms with Gasteiger partial charge in [-0.3, -0.25) is 14.6 Å². The van der Waals surface area contributed by atoms with Crippen molar-refractivity contribution in [3.63, 3.8) is 0 Å². The number of imide groups is 1. The third-order valence-corrected chi connectivity index (χ3v) is 8.83. The number of aromatic nitrogens is 1. The molecule has 3 amide bonds. The fourth-order valence-corrected chi connectivity index (χ4v) is 6.60. The Morgan fingerprint density at radius 3 is 2.39 bits per heavy atom. The van der Waals surface area contributed by atoms with Gasteiger partial charge in [-0.25, -0.2) is 14.7 Å². The van der Waals surface area contributed by atoms with E-state index in [2.05, 4.69) is 54.1 Å². The first kappa shape index (κ1) is 22.7. The Hall–Kier alpha value is -2.03. The number of hydrogen-bond donors (Lipinski definition) is 1. The van der Waals surface area contributed by atoms with E-state index in [0.717, 1.165) is 68.9 Å². The van der Waals surface area contributed by atoms with Crippen molar-refractivity contribution in [2.75, 3.05) is 32.8 Å². The van der Waals surface area contributed by atoms with Crippen molar-refractivity contribution >= 4 is 33.5 Å². The van der Waals surface area contributed by atoms with E-state index < -0.39 is 5.54 Å². The Balaban J connectivity index is 1.14. The number of fused-ring (bicyclic) bond motifs is 1. The molecule has 3 aliphatic rings. The van der Waals surface area contributed by atoms with E-state index in [0.29, 0.717) is 12.6 Å². The molecule has 1 aromatic carbocycles. The van der Waals surface area contributed by atoms with Crippen molar-refractivity contribution in [1.82, 2.24) is 25.0 Å². The van der Waals surface area contributed by atoms with Crippen LogP contribution in [0.3, 0.4) is 0 Å². The molecule has 178 valence electrons. The second-order valence-corrected chi connectivity index (χ2v) is 12.1. The minimum Gasteiger partial charge on any atom is -0.323 e. The van der Waals surface area contributed by atoms with Gasteiger partial charge in [-0.1, -0.05) is 32.9 Å². The van der Waals surface area contributed by atoms with Crippen molar-refractivity contribution in [3.05, 3.63) is 29.3 Å². The van der Waals surface area contributed by atoms with Crippen LogP contribution in [0.15, 0.2) is 24.3 Å². The van der Waals surface area contributed by atoms with Gasteiger partial charge in [0.15, 0.2) is 0 Å². The van der Waals surface area contributed by atoms with Gasteiger partial charge in [-0.05, 0) is 49.1 Å². The second kappa shape index (κ2) is 8.64. The molecule has 8 heteroatoms. The van der Waals surface area contributed by atoms with E-state index in [-0.39, 0.29) is 17.4 Å². The van der Waals surface area contributed by atoms with Crippen LogP contribution in [0.1, 0.15) is 51.5 Å². The zero-order valence-corrected chi connectivity index (χ0v) is 20.8. The lowest BCUT2D eigenvalue weighted by molar-refractivity contribution is -0.134. The lowest BCUT2D eigenvalue weighted by Gasteiger charge is -2.41. The number of nitrogens with zero attached hydrogens (tertiary/aromatic N) is 4. The van der Waals surface area contributed by atoms with Gasteiger partial charge in [0.1, 0.15) is 10.5 Å². The van der Waals surface area contributed by atoms with Crippen molar-refractivity contribution in [2.24, 2.45) is 11.3 Å². The molecule has 0 bridgehead atoms. The predicted molar refractivity (Wildman–Crippen MR) is 131 cm³/mol. The molecular weight excluding hydrogens is 434 g/mol. The van der Waals surface area contributed by atoms with Crippen LogP contribution in [0.2, 0.25) is 0 Å². The topological polar surface area (TPSA) is 68.8 Å². The molecule has 1 aliphatic carbocycles. The molecular formula is C25H35N5O2S. The number of amides is 3. The summed E-state index contributed by atoms with van der Waals surface area (Å²) in [6.07, 6.45) is 3.50. The summed E-state index contributed by atoms with van der Waals surface area (Å²) in [5.41, 5.74) is 0.644. The van der Waals surface area contributed by atoms with Gasteiger partial charge < -0.3 is 5.32 Å². The Kier molecular flexibility index (Phi) is 5.95. The van der Waals surface area contributed by atoms with Crippen LogP contribution < -0.4 is 5.32 Å². The molecule has 1 N–H and O–H groups in total. The van der Waals surface area contributed by atoms with Gasteiger partial charge in [0.05, 0.1) is 23.4 Å². The first-order chi connectivity index (χ1) is 15.7.